The van der Waals surface area contributed by atoms with Crippen LogP contribution in [0, 0.1) is 17.2 Å². The van der Waals surface area contributed by atoms with Crippen molar-refractivity contribution >= 4 is 0 Å². The number of rotatable bonds is 7. The molecule has 3 atom stereocenters. The van der Waals surface area contributed by atoms with Gasteiger partial charge in [-0.25, -0.2) is 0 Å². The molecule has 0 aromatic rings. The van der Waals surface area contributed by atoms with Gasteiger partial charge in [0.15, 0.2) is 0 Å². The minimum absolute atomic E-state index is 0.265. The van der Waals surface area contributed by atoms with Crippen molar-refractivity contribution in [3.05, 3.63) is 0 Å². The van der Waals surface area contributed by atoms with Crippen molar-refractivity contribution in [3.63, 3.8) is 0 Å². The van der Waals surface area contributed by atoms with E-state index < -0.39 is 5.54 Å². The summed E-state index contributed by atoms with van der Waals surface area (Å²) in [7, 11) is 1.78. The van der Waals surface area contributed by atoms with Crippen LogP contribution in [0.4, 0.5) is 0 Å². The Morgan fingerprint density at radius 2 is 1.90 bits per heavy atom. The van der Waals surface area contributed by atoms with Crippen LogP contribution in [-0.4, -0.2) is 37.5 Å². The average Bonchev–Trinajstić information content (AvgIpc) is 3.37. The second-order valence-electron chi connectivity index (χ2n) is 6.73. The Labute approximate surface area is 121 Å². The second-order valence-corrected chi connectivity index (χ2v) is 6.73. The normalized spacial score (nSPS) is 33.4. The first kappa shape index (κ1) is 14.3. The van der Waals surface area contributed by atoms with Crippen molar-refractivity contribution in [2.45, 2.75) is 75.2 Å². The van der Waals surface area contributed by atoms with Crippen LogP contribution in [0.3, 0.4) is 0 Å². The van der Waals surface area contributed by atoms with E-state index in [2.05, 4.69) is 11.4 Å². The van der Waals surface area contributed by atoms with Gasteiger partial charge < -0.3 is 9.47 Å². The fourth-order valence-corrected chi connectivity index (χ4v) is 3.32. The summed E-state index contributed by atoms with van der Waals surface area (Å²) in [5.74, 6) is 0.495. The van der Waals surface area contributed by atoms with E-state index in [0.717, 1.165) is 19.3 Å². The van der Waals surface area contributed by atoms with Gasteiger partial charge in [-0.1, -0.05) is 0 Å². The highest BCUT2D eigenvalue weighted by molar-refractivity contribution is 5.17. The van der Waals surface area contributed by atoms with Crippen LogP contribution in [0.15, 0.2) is 0 Å². The maximum absolute atomic E-state index is 9.67. The number of nitrogens with zero attached hydrogens (tertiary/aromatic N) is 1. The lowest BCUT2D eigenvalue weighted by atomic mass is 9.93. The van der Waals surface area contributed by atoms with Crippen LogP contribution < -0.4 is 5.32 Å². The lowest BCUT2D eigenvalue weighted by Crippen LogP contribution is -2.52. The largest absolute Gasteiger partial charge is 0.381 e. The summed E-state index contributed by atoms with van der Waals surface area (Å²) in [6.45, 7) is 0.547. The van der Waals surface area contributed by atoms with E-state index >= 15 is 0 Å². The van der Waals surface area contributed by atoms with Gasteiger partial charge in [0.05, 0.1) is 24.9 Å². The molecule has 4 nitrogen and oxygen atoms in total. The standard InChI is InChI=1S/C16H26N2O2/c1-19-14-3-2-4-15(9-14)20-11-16(10-17,12-5-6-12)18-13-7-8-13/h12-15,18H,2-9,11H2,1H3. The quantitative estimate of drug-likeness (QED) is 0.777. The predicted molar refractivity (Wildman–Crippen MR) is 76.2 cm³/mol. The lowest BCUT2D eigenvalue weighted by Gasteiger charge is -2.33. The number of nitrogens with one attached hydrogen (secondary N) is 1. The molecule has 0 bridgehead atoms. The summed E-state index contributed by atoms with van der Waals surface area (Å²) < 4.78 is 11.6. The monoisotopic (exact) mass is 278 g/mol. The molecule has 3 rings (SSSR count). The summed E-state index contributed by atoms with van der Waals surface area (Å²) >= 11 is 0. The Balaban J connectivity index is 1.55. The molecule has 4 heteroatoms. The van der Waals surface area contributed by atoms with Gasteiger partial charge in [0.2, 0.25) is 0 Å². The van der Waals surface area contributed by atoms with Gasteiger partial charge >= 0.3 is 0 Å². The highest BCUT2D eigenvalue weighted by Gasteiger charge is 2.49. The second kappa shape index (κ2) is 6.01. The third kappa shape index (κ3) is 3.33. The van der Waals surface area contributed by atoms with E-state index in [4.69, 9.17) is 9.47 Å². The van der Waals surface area contributed by atoms with Crippen molar-refractivity contribution in [2.75, 3.05) is 13.7 Å². The van der Waals surface area contributed by atoms with E-state index in [-0.39, 0.29) is 6.10 Å². The van der Waals surface area contributed by atoms with Crippen molar-refractivity contribution in [1.29, 1.82) is 5.26 Å². The highest BCUT2D eigenvalue weighted by Crippen LogP contribution is 2.42. The summed E-state index contributed by atoms with van der Waals surface area (Å²) in [6, 6.07) is 3.10. The fraction of sp³-hybridized carbons (Fsp3) is 0.938. The third-order valence-electron chi connectivity index (χ3n) is 4.97. The third-order valence-corrected chi connectivity index (χ3v) is 4.97. The molecule has 112 valence electrons. The number of nitriles is 1. The molecular weight excluding hydrogens is 252 g/mol. The van der Waals surface area contributed by atoms with Gasteiger partial charge in [-0.3, -0.25) is 5.32 Å². The number of hydrogen-bond donors (Lipinski definition) is 1. The molecular formula is C16H26N2O2. The number of methoxy groups -OCH3 is 1. The van der Waals surface area contributed by atoms with Crippen LogP contribution in [0.1, 0.15) is 51.4 Å². The first-order chi connectivity index (χ1) is 9.75. The first-order valence-corrected chi connectivity index (χ1v) is 8.09. The minimum atomic E-state index is -0.429. The SMILES string of the molecule is COC1CCCC(OCC(C#N)(NC2CC2)C2CC2)C1. The molecule has 0 heterocycles. The Bertz CT molecular complexity index is 373. The van der Waals surface area contributed by atoms with Crippen molar-refractivity contribution in [2.24, 2.45) is 5.92 Å². The Hall–Kier alpha value is -0.630. The molecule has 3 saturated carbocycles. The van der Waals surface area contributed by atoms with E-state index in [0.29, 0.717) is 24.7 Å². The summed E-state index contributed by atoms with van der Waals surface area (Å²) in [6.07, 6.45) is 9.76. The molecule has 3 aliphatic rings. The summed E-state index contributed by atoms with van der Waals surface area (Å²) in [5.41, 5.74) is -0.429. The number of ether oxygens (including phenoxy) is 2. The maximum atomic E-state index is 9.67. The van der Waals surface area contributed by atoms with Gasteiger partial charge in [0, 0.05) is 13.2 Å². The highest BCUT2D eigenvalue weighted by atomic mass is 16.5. The van der Waals surface area contributed by atoms with Gasteiger partial charge in [0.25, 0.3) is 0 Å². The fourth-order valence-electron chi connectivity index (χ4n) is 3.32. The molecule has 3 aliphatic carbocycles. The minimum Gasteiger partial charge on any atom is -0.381 e. The average molecular weight is 278 g/mol. The van der Waals surface area contributed by atoms with E-state index in [1.165, 1.54) is 32.1 Å². The molecule has 0 aliphatic heterocycles. The Kier molecular flexibility index (Phi) is 4.30. The molecule has 3 fully saturated rings. The molecule has 0 aromatic heterocycles. The van der Waals surface area contributed by atoms with Gasteiger partial charge in [0.1, 0.15) is 5.54 Å². The molecule has 0 aromatic carbocycles. The lowest BCUT2D eigenvalue weighted by molar-refractivity contribution is -0.0448. The van der Waals surface area contributed by atoms with Crippen LogP contribution in [0.25, 0.3) is 0 Å². The zero-order valence-electron chi connectivity index (χ0n) is 12.4. The Morgan fingerprint density at radius 1 is 1.15 bits per heavy atom. The smallest absolute Gasteiger partial charge is 0.133 e. The predicted octanol–water partition coefficient (Wildman–Crippen LogP) is 2.38. The summed E-state index contributed by atoms with van der Waals surface area (Å²) in [5, 5.41) is 13.2. The molecule has 20 heavy (non-hydrogen) atoms. The van der Waals surface area contributed by atoms with Crippen LogP contribution >= 0.6 is 0 Å². The van der Waals surface area contributed by atoms with Crippen LogP contribution in [-0.2, 0) is 9.47 Å². The zero-order chi connectivity index (χ0) is 14.0. The van der Waals surface area contributed by atoms with Crippen molar-refractivity contribution in [1.82, 2.24) is 5.32 Å². The van der Waals surface area contributed by atoms with Crippen molar-refractivity contribution < 1.29 is 9.47 Å². The van der Waals surface area contributed by atoms with Gasteiger partial charge in [-0.15, -0.1) is 0 Å². The molecule has 1 N–H and O–H groups in total. The zero-order valence-corrected chi connectivity index (χ0v) is 12.4. The van der Waals surface area contributed by atoms with Gasteiger partial charge in [-0.05, 0) is 57.3 Å². The Morgan fingerprint density at radius 3 is 2.50 bits per heavy atom. The topological polar surface area (TPSA) is 54.3 Å². The van der Waals surface area contributed by atoms with E-state index in [1.807, 2.05) is 0 Å². The van der Waals surface area contributed by atoms with E-state index in [9.17, 15) is 5.26 Å². The molecule has 0 saturated heterocycles. The number of hydrogen-bond acceptors (Lipinski definition) is 4. The van der Waals surface area contributed by atoms with Crippen LogP contribution in [0.2, 0.25) is 0 Å². The maximum Gasteiger partial charge on any atom is 0.133 e. The van der Waals surface area contributed by atoms with Crippen molar-refractivity contribution in [3.8, 4) is 6.07 Å². The van der Waals surface area contributed by atoms with E-state index in [1.54, 1.807) is 7.11 Å². The molecule has 0 amide bonds. The first-order valence-electron chi connectivity index (χ1n) is 8.09. The summed E-state index contributed by atoms with van der Waals surface area (Å²) in [4.78, 5) is 0. The molecule has 0 spiro atoms. The van der Waals surface area contributed by atoms with Crippen LogP contribution in [0.5, 0.6) is 0 Å². The molecule has 3 unspecified atom stereocenters. The van der Waals surface area contributed by atoms with Gasteiger partial charge in [-0.2, -0.15) is 5.26 Å². The molecule has 0 radical (unpaired) electrons.